The van der Waals surface area contributed by atoms with E-state index in [0.29, 0.717) is 5.54 Å². The van der Waals surface area contributed by atoms with Crippen LogP contribution in [-0.4, -0.2) is 23.1 Å². The SMILES string of the molecule is Oc1c(Cl)c(Cl)cc(Cl)c1Cl.c1ccc(C2(N3CCCCC3)CCCCC2)cc1. The maximum atomic E-state index is 9.14. The maximum Gasteiger partial charge on any atom is 0.155 e. The maximum absolute atomic E-state index is 9.14. The van der Waals surface area contributed by atoms with Crippen LogP contribution >= 0.6 is 46.4 Å². The van der Waals surface area contributed by atoms with Crippen LogP contribution in [0.1, 0.15) is 56.9 Å². The molecule has 1 saturated heterocycles. The molecule has 2 aromatic carbocycles. The first-order chi connectivity index (χ1) is 14.0. The summed E-state index contributed by atoms with van der Waals surface area (Å²) < 4.78 is 0. The van der Waals surface area contributed by atoms with Gasteiger partial charge in [-0.05, 0) is 50.4 Å². The van der Waals surface area contributed by atoms with Crippen molar-refractivity contribution in [3.63, 3.8) is 0 Å². The fourth-order valence-electron chi connectivity index (χ4n) is 4.56. The van der Waals surface area contributed by atoms with Crippen molar-refractivity contribution in [3.05, 3.63) is 62.1 Å². The van der Waals surface area contributed by atoms with Crippen molar-refractivity contribution in [1.82, 2.24) is 4.90 Å². The van der Waals surface area contributed by atoms with Gasteiger partial charge in [-0.1, -0.05) is 102 Å². The Kier molecular flexibility index (Phi) is 8.41. The quantitative estimate of drug-likeness (QED) is 0.442. The molecule has 0 spiro atoms. The Labute approximate surface area is 193 Å². The first-order valence-electron chi connectivity index (χ1n) is 10.3. The molecule has 0 radical (unpaired) electrons. The number of phenols is 1. The van der Waals surface area contributed by atoms with Crippen LogP contribution in [0, 0.1) is 0 Å². The number of likely N-dealkylation sites (tertiary alicyclic amines) is 1. The molecule has 4 rings (SSSR count). The molecule has 0 aromatic heterocycles. The third kappa shape index (κ3) is 5.35. The van der Waals surface area contributed by atoms with Gasteiger partial charge in [0.05, 0.1) is 10.0 Å². The molecule has 6 heteroatoms. The second-order valence-corrected chi connectivity index (χ2v) is 9.39. The fourth-order valence-corrected chi connectivity index (χ4v) is 5.35. The van der Waals surface area contributed by atoms with Crippen molar-refractivity contribution in [2.24, 2.45) is 0 Å². The minimum atomic E-state index is -0.286. The molecule has 29 heavy (non-hydrogen) atoms. The molecule has 2 aromatic rings. The number of benzene rings is 2. The Morgan fingerprint density at radius 3 is 1.79 bits per heavy atom. The van der Waals surface area contributed by atoms with E-state index in [1.807, 2.05) is 0 Å². The van der Waals surface area contributed by atoms with Crippen LogP contribution in [-0.2, 0) is 5.54 Å². The first-order valence-corrected chi connectivity index (χ1v) is 11.8. The van der Waals surface area contributed by atoms with Gasteiger partial charge in [-0.2, -0.15) is 0 Å². The van der Waals surface area contributed by atoms with E-state index >= 15 is 0 Å². The highest BCUT2D eigenvalue weighted by molar-refractivity contribution is 6.48. The van der Waals surface area contributed by atoms with E-state index in [0.717, 1.165) is 0 Å². The summed E-state index contributed by atoms with van der Waals surface area (Å²) in [6.45, 7) is 2.63. The third-order valence-corrected chi connectivity index (χ3v) is 7.60. The zero-order valence-electron chi connectivity index (χ0n) is 16.4. The summed E-state index contributed by atoms with van der Waals surface area (Å²) in [5.74, 6) is -0.286. The Balaban J connectivity index is 0.000000188. The molecule has 0 bridgehead atoms. The van der Waals surface area contributed by atoms with Crippen LogP contribution in [0.2, 0.25) is 20.1 Å². The Morgan fingerprint density at radius 1 is 0.724 bits per heavy atom. The molecule has 0 amide bonds. The van der Waals surface area contributed by atoms with Gasteiger partial charge in [-0.25, -0.2) is 0 Å². The average molecular weight is 475 g/mol. The summed E-state index contributed by atoms with van der Waals surface area (Å²) in [4.78, 5) is 2.81. The highest BCUT2D eigenvalue weighted by Gasteiger charge is 2.39. The molecule has 0 atom stereocenters. The molecule has 0 unspecified atom stereocenters. The molecule has 1 saturated carbocycles. The van der Waals surface area contributed by atoms with Crippen molar-refractivity contribution < 1.29 is 5.11 Å². The molecule has 1 aliphatic heterocycles. The van der Waals surface area contributed by atoms with Gasteiger partial charge < -0.3 is 5.11 Å². The summed E-state index contributed by atoms with van der Waals surface area (Å²) in [6, 6.07) is 12.7. The monoisotopic (exact) mass is 473 g/mol. The normalized spacial score (nSPS) is 19.3. The molecule has 2 aliphatic rings. The summed E-state index contributed by atoms with van der Waals surface area (Å²) in [7, 11) is 0. The van der Waals surface area contributed by atoms with E-state index in [1.165, 1.54) is 70.5 Å². The summed E-state index contributed by atoms with van der Waals surface area (Å²) in [6.07, 6.45) is 11.2. The lowest BCUT2D eigenvalue weighted by atomic mass is 9.74. The van der Waals surface area contributed by atoms with Crippen LogP contribution < -0.4 is 0 Å². The molecule has 1 N–H and O–H groups in total. The van der Waals surface area contributed by atoms with E-state index in [1.54, 1.807) is 5.56 Å². The molecular formula is C23H27Cl4NO. The topological polar surface area (TPSA) is 23.5 Å². The second-order valence-electron chi connectivity index (χ2n) is 7.82. The van der Waals surface area contributed by atoms with Crippen molar-refractivity contribution in [1.29, 1.82) is 0 Å². The van der Waals surface area contributed by atoms with Gasteiger partial charge in [-0.15, -0.1) is 0 Å². The van der Waals surface area contributed by atoms with Crippen LogP contribution in [0.3, 0.4) is 0 Å². The minimum absolute atomic E-state index is 0.0149. The number of hydrogen-bond donors (Lipinski definition) is 1. The Bertz CT molecular complexity index is 774. The van der Waals surface area contributed by atoms with Gasteiger partial charge in [0.1, 0.15) is 10.0 Å². The van der Waals surface area contributed by atoms with Crippen molar-refractivity contribution >= 4 is 46.4 Å². The first kappa shape index (κ1) is 23.0. The van der Waals surface area contributed by atoms with E-state index in [2.05, 4.69) is 35.2 Å². The van der Waals surface area contributed by atoms with E-state index in [4.69, 9.17) is 51.5 Å². The Hall–Kier alpha value is -0.640. The predicted octanol–water partition coefficient (Wildman–Crippen LogP) is 8.34. The molecule has 1 heterocycles. The highest BCUT2D eigenvalue weighted by Crippen LogP contribution is 2.43. The summed E-state index contributed by atoms with van der Waals surface area (Å²) in [5, 5.41) is 9.52. The molecule has 2 fully saturated rings. The van der Waals surface area contributed by atoms with E-state index in [9.17, 15) is 0 Å². The number of piperidine rings is 1. The van der Waals surface area contributed by atoms with Crippen molar-refractivity contribution in [2.75, 3.05) is 13.1 Å². The standard InChI is InChI=1S/C17H25N.C6H2Cl4O/c1-4-10-16(11-5-1)17(12-6-2-7-13-17)18-14-8-3-9-15-18;7-2-1-3(8)5(10)6(11)4(2)9/h1,4-5,10-11H,2-3,6-9,12-15H2;1,11H. The molecule has 2 nitrogen and oxygen atoms in total. The smallest absolute Gasteiger partial charge is 0.155 e. The largest absolute Gasteiger partial charge is 0.505 e. The minimum Gasteiger partial charge on any atom is -0.505 e. The third-order valence-electron chi connectivity index (χ3n) is 6.04. The van der Waals surface area contributed by atoms with Crippen molar-refractivity contribution in [2.45, 2.75) is 56.9 Å². The number of halogens is 4. The fraction of sp³-hybridized carbons (Fsp3) is 0.478. The lowest BCUT2D eigenvalue weighted by molar-refractivity contribution is 0.0303. The molecule has 158 valence electrons. The van der Waals surface area contributed by atoms with Gasteiger partial charge in [0.25, 0.3) is 0 Å². The molecular weight excluding hydrogens is 448 g/mol. The Morgan fingerprint density at radius 2 is 1.24 bits per heavy atom. The van der Waals surface area contributed by atoms with Crippen LogP contribution in [0.15, 0.2) is 36.4 Å². The lowest BCUT2D eigenvalue weighted by Gasteiger charge is -2.48. The van der Waals surface area contributed by atoms with Crippen LogP contribution in [0.5, 0.6) is 5.75 Å². The lowest BCUT2D eigenvalue weighted by Crippen LogP contribution is -2.49. The average Bonchev–Trinajstić information content (AvgIpc) is 2.78. The van der Waals surface area contributed by atoms with E-state index < -0.39 is 0 Å². The van der Waals surface area contributed by atoms with Gasteiger partial charge in [-0.3, -0.25) is 4.90 Å². The second kappa shape index (κ2) is 10.6. The number of nitrogens with zero attached hydrogens (tertiary/aromatic N) is 1. The van der Waals surface area contributed by atoms with Gasteiger partial charge in [0.2, 0.25) is 0 Å². The van der Waals surface area contributed by atoms with Gasteiger partial charge >= 0.3 is 0 Å². The van der Waals surface area contributed by atoms with Crippen LogP contribution in [0.4, 0.5) is 0 Å². The van der Waals surface area contributed by atoms with Gasteiger partial charge in [0.15, 0.2) is 5.75 Å². The number of aromatic hydroxyl groups is 1. The van der Waals surface area contributed by atoms with Gasteiger partial charge in [0, 0.05) is 5.54 Å². The van der Waals surface area contributed by atoms with Crippen molar-refractivity contribution in [3.8, 4) is 5.75 Å². The van der Waals surface area contributed by atoms with E-state index in [-0.39, 0.29) is 25.8 Å². The predicted molar refractivity (Wildman–Crippen MR) is 125 cm³/mol. The number of phenolic OH excluding ortho intramolecular Hbond substituents is 1. The van der Waals surface area contributed by atoms with Crippen LogP contribution in [0.25, 0.3) is 0 Å². The highest BCUT2D eigenvalue weighted by atomic mass is 35.5. The summed E-state index contributed by atoms with van der Waals surface area (Å²) >= 11 is 22.2. The number of rotatable bonds is 2. The summed E-state index contributed by atoms with van der Waals surface area (Å²) in [5.41, 5.74) is 1.95. The number of hydrogen-bond acceptors (Lipinski definition) is 2. The zero-order valence-corrected chi connectivity index (χ0v) is 19.5. The zero-order chi connectivity index (χ0) is 20.9. The molecule has 1 aliphatic carbocycles.